The van der Waals surface area contributed by atoms with Gasteiger partial charge in [0.05, 0.1) is 7.11 Å². The Morgan fingerprint density at radius 1 is 1.00 bits per heavy atom. The van der Waals surface area contributed by atoms with Crippen molar-refractivity contribution in [3.05, 3.63) is 59.7 Å². The summed E-state index contributed by atoms with van der Waals surface area (Å²) in [5, 5.41) is 0. The first-order valence-corrected chi connectivity index (χ1v) is 5.84. The van der Waals surface area contributed by atoms with Crippen LogP contribution in [0.3, 0.4) is 0 Å². The highest BCUT2D eigenvalue weighted by Crippen LogP contribution is 2.18. The number of methoxy groups -OCH3 is 1. The maximum atomic E-state index is 10.9. The van der Waals surface area contributed by atoms with Crippen LogP contribution in [-0.4, -0.2) is 13.0 Å². The number of benzene rings is 2. The topological polar surface area (TPSA) is 61.6 Å². The van der Waals surface area contributed by atoms with Crippen molar-refractivity contribution in [3.63, 3.8) is 0 Å². The largest absolute Gasteiger partial charge is 0.497 e. The lowest BCUT2D eigenvalue weighted by atomic mass is 10.1. The number of primary amides is 1. The van der Waals surface area contributed by atoms with E-state index in [2.05, 4.69) is 0 Å². The van der Waals surface area contributed by atoms with Gasteiger partial charge in [-0.3, -0.25) is 4.79 Å². The van der Waals surface area contributed by atoms with Crippen molar-refractivity contribution < 1.29 is 14.3 Å². The van der Waals surface area contributed by atoms with E-state index in [1.165, 1.54) is 0 Å². The molecule has 0 saturated carbocycles. The molecule has 2 aromatic rings. The molecule has 0 heterocycles. The first kappa shape index (κ1) is 13.0. The number of carbonyl (C=O) groups excluding carboxylic acids is 1. The molecule has 2 rings (SSSR count). The molecule has 0 spiro atoms. The quantitative estimate of drug-likeness (QED) is 0.894. The monoisotopic (exact) mass is 257 g/mol. The van der Waals surface area contributed by atoms with E-state index in [0.29, 0.717) is 12.2 Å². The van der Waals surface area contributed by atoms with E-state index in [9.17, 15) is 4.79 Å². The number of amides is 1. The molecule has 0 aromatic heterocycles. The zero-order valence-electron chi connectivity index (χ0n) is 10.6. The molecule has 1 amide bonds. The van der Waals surface area contributed by atoms with E-state index >= 15 is 0 Å². The van der Waals surface area contributed by atoms with Crippen LogP contribution in [0.4, 0.5) is 0 Å². The maximum absolute atomic E-state index is 10.9. The number of rotatable bonds is 5. The summed E-state index contributed by atoms with van der Waals surface area (Å²) in [5.41, 5.74) is 6.64. The minimum Gasteiger partial charge on any atom is -0.497 e. The van der Waals surface area contributed by atoms with Gasteiger partial charge in [0, 0.05) is 5.56 Å². The second-order valence-electron chi connectivity index (χ2n) is 4.03. The normalized spacial score (nSPS) is 9.95. The molecule has 0 aliphatic rings. The van der Waals surface area contributed by atoms with E-state index in [4.69, 9.17) is 15.2 Å². The third-order valence-electron chi connectivity index (χ3n) is 2.70. The molecule has 0 aliphatic heterocycles. The zero-order valence-corrected chi connectivity index (χ0v) is 10.6. The predicted octanol–water partition coefficient (Wildman–Crippen LogP) is 2.37. The van der Waals surface area contributed by atoms with Crippen molar-refractivity contribution in [3.8, 4) is 11.5 Å². The van der Waals surface area contributed by atoms with Crippen molar-refractivity contribution in [2.75, 3.05) is 7.11 Å². The van der Waals surface area contributed by atoms with Gasteiger partial charge in [-0.1, -0.05) is 12.1 Å². The van der Waals surface area contributed by atoms with Crippen LogP contribution in [0.25, 0.3) is 0 Å². The van der Waals surface area contributed by atoms with Gasteiger partial charge in [0.1, 0.15) is 18.1 Å². The van der Waals surface area contributed by atoms with Gasteiger partial charge in [-0.05, 0) is 42.0 Å². The second kappa shape index (κ2) is 5.91. The van der Waals surface area contributed by atoms with E-state index in [1.54, 1.807) is 19.2 Å². The van der Waals surface area contributed by atoms with E-state index in [-0.39, 0.29) is 0 Å². The standard InChI is InChI=1S/C15H15NO3/c1-18-13-6-8-14(9-7-13)19-10-11-2-4-12(5-3-11)15(16)17/h2-9H,10H2,1H3,(H2,16,17). The number of carbonyl (C=O) groups is 1. The van der Waals surface area contributed by atoms with E-state index in [0.717, 1.165) is 17.1 Å². The van der Waals surface area contributed by atoms with Crippen molar-refractivity contribution in [1.82, 2.24) is 0 Å². The van der Waals surface area contributed by atoms with Crippen molar-refractivity contribution in [2.24, 2.45) is 5.73 Å². The van der Waals surface area contributed by atoms with Crippen LogP contribution in [0.1, 0.15) is 15.9 Å². The van der Waals surface area contributed by atoms with Gasteiger partial charge in [-0.2, -0.15) is 0 Å². The van der Waals surface area contributed by atoms with Gasteiger partial charge >= 0.3 is 0 Å². The maximum Gasteiger partial charge on any atom is 0.248 e. The summed E-state index contributed by atoms with van der Waals surface area (Å²) in [6, 6.07) is 14.4. The summed E-state index contributed by atoms with van der Waals surface area (Å²) in [6.07, 6.45) is 0. The number of nitrogens with two attached hydrogens (primary N) is 1. The molecule has 0 unspecified atom stereocenters. The molecular formula is C15H15NO3. The first-order valence-electron chi connectivity index (χ1n) is 5.84. The second-order valence-corrected chi connectivity index (χ2v) is 4.03. The molecule has 0 aliphatic carbocycles. The summed E-state index contributed by atoms with van der Waals surface area (Å²) >= 11 is 0. The molecule has 0 saturated heterocycles. The van der Waals surface area contributed by atoms with Crippen molar-refractivity contribution >= 4 is 5.91 Å². The third-order valence-corrected chi connectivity index (χ3v) is 2.70. The Bertz CT molecular complexity index is 547. The fraction of sp³-hybridized carbons (Fsp3) is 0.133. The molecule has 0 atom stereocenters. The molecular weight excluding hydrogens is 242 g/mol. The van der Waals surface area contributed by atoms with Gasteiger partial charge < -0.3 is 15.2 Å². The molecule has 0 radical (unpaired) electrons. The Kier molecular flexibility index (Phi) is 4.03. The van der Waals surface area contributed by atoms with Crippen LogP contribution in [0.5, 0.6) is 11.5 Å². The van der Waals surface area contributed by atoms with Crippen LogP contribution < -0.4 is 15.2 Å². The molecule has 2 N–H and O–H groups in total. The highest BCUT2D eigenvalue weighted by molar-refractivity contribution is 5.92. The van der Waals surface area contributed by atoms with Crippen LogP contribution in [0.2, 0.25) is 0 Å². The predicted molar refractivity (Wildman–Crippen MR) is 72.3 cm³/mol. The molecule has 98 valence electrons. The number of hydrogen-bond donors (Lipinski definition) is 1. The molecule has 0 fully saturated rings. The van der Waals surface area contributed by atoms with Gasteiger partial charge in [-0.15, -0.1) is 0 Å². The van der Waals surface area contributed by atoms with Crippen molar-refractivity contribution in [1.29, 1.82) is 0 Å². The Morgan fingerprint density at radius 3 is 2.11 bits per heavy atom. The Balaban J connectivity index is 1.95. The molecule has 19 heavy (non-hydrogen) atoms. The van der Waals surface area contributed by atoms with Crippen LogP contribution in [0, 0.1) is 0 Å². The average molecular weight is 257 g/mol. The summed E-state index contributed by atoms with van der Waals surface area (Å²) in [4.78, 5) is 10.9. The van der Waals surface area contributed by atoms with Crippen LogP contribution in [-0.2, 0) is 6.61 Å². The lowest BCUT2D eigenvalue weighted by molar-refractivity contribution is 0.1000. The van der Waals surface area contributed by atoms with Crippen molar-refractivity contribution in [2.45, 2.75) is 6.61 Å². The van der Waals surface area contributed by atoms with Gasteiger partial charge in [0.25, 0.3) is 0 Å². The molecule has 4 nitrogen and oxygen atoms in total. The van der Waals surface area contributed by atoms with Gasteiger partial charge in [-0.25, -0.2) is 0 Å². The third kappa shape index (κ3) is 3.48. The van der Waals surface area contributed by atoms with Gasteiger partial charge in [0.2, 0.25) is 5.91 Å². The minimum atomic E-state index is -0.428. The fourth-order valence-electron chi connectivity index (χ4n) is 1.60. The fourth-order valence-corrected chi connectivity index (χ4v) is 1.60. The Hall–Kier alpha value is -2.49. The van der Waals surface area contributed by atoms with Crippen LogP contribution >= 0.6 is 0 Å². The Labute approximate surface area is 111 Å². The smallest absolute Gasteiger partial charge is 0.248 e. The first-order chi connectivity index (χ1) is 9.19. The highest BCUT2D eigenvalue weighted by atomic mass is 16.5. The van der Waals surface area contributed by atoms with E-state index in [1.807, 2.05) is 36.4 Å². The summed E-state index contributed by atoms with van der Waals surface area (Å²) in [7, 11) is 1.62. The summed E-state index contributed by atoms with van der Waals surface area (Å²) in [6.45, 7) is 0.436. The number of hydrogen-bond acceptors (Lipinski definition) is 3. The van der Waals surface area contributed by atoms with E-state index < -0.39 is 5.91 Å². The SMILES string of the molecule is COc1ccc(OCc2ccc(C(N)=O)cc2)cc1. The van der Waals surface area contributed by atoms with Gasteiger partial charge in [0.15, 0.2) is 0 Å². The zero-order chi connectivity index (χ0) is 13.7. The highest BCUT2D eigenvalue weighted by Gasteiger charge is 2.01. The number of ether oxygens (including phenoxy) is 2. The molecule has 0 bridgehead atoms. The summed E-state index contributed by atoms with van der Waals surface area (Å²) < 4.78 is 10.7. The average Bonchev–Trinajstić information content (AvgIpc) is 2.46. The lowest BCUT2D eigenvalue weighted by Gasteiger charge is -2.07. The molecule has 4 heteroatoms. The molecule has 2 aromatic carbocycles. The minimum absolute atomic E-state index is 0.428. The summed E-state index contributed by atoms with van der Waals surface area (Å²) in [5.74, 6) is 1.13. The lowest BCUT2D eigenvalue weighted by Crippen LogP contribution is -2.10. The Morgan fingerprint density at radius 2 is 1.58 bits per heavy atom. The van der Waals surface area contributed by atoms with Crippen LogP contribution in [0.15, 0.2) is 48.5 Å².